The fraction of sp³-hybridized carbons (Fsp3) is 0.765. The van der Waals surface area contributed by atoms with Crippen LogP contribution in [0.4, 0.5) is 0 Å². The largest absolute Gasteiger partial charge is 0.469 e. The molecule has 0 radical (unpaired) electrons. The highest BCUT2D eigenvalue weighted by Crippen LogP contribution is 2.58. The van der Waals surface area contributed by atoms with Gasteiger partial charge in [0.05, 0.1) is 19.3 Å². The predicted octanol–water partition coefficient (Wildman–Crippen LogP) is 7.84. The molecule has 3 aliphatic rings. The lowest BCUT2D eigenvalue weighted by molar-refractivity contribution is -0.141. The van der Waals surface area contributed by atoms with Crippen LogP contribution in [-0.2, 0) is 14.3 Å². The Balaban J connectivity index is 0.000000580. The first kappa shape index (κ1) is 33.3. The average molecular weight is 544 g/mol. The molecule has 3 saturated carbocycles. The second kappa shape index (κ2) is 15.8. The smallest absolute Gasteiger partial charge is 0.305 e. The molecule has 0 aromatic carbocycles. The number of aliphatic hydroxyl groups is 1. The van der Waals surface area contributed by atoms with E-state index in [1.807, 2.05) is 27.7 Å². The number of amides is 1. The Morgan fingerprint density at radius 2 is 1.85 bits per heavy atom. The van der Waals surface area contributed by atoms with E-state index in [9.17, 15) is 14.7 Å². The van der Waals surface area contributed by atoms with Gasteiger partial charge in [-0.1, -0.05) is 57.1 Å². The monoisotopic (exact) mass is 543 g/mol. The van der Waals surface area contributed by atoms with Crippen LogP contribution in [0.15, 0.2) is 35.5 Å². The molecule has 222 valence electrons. The highest BCUT2D eigenvalue weighted by atomic mass is 16.5. The number of ether oxygens (including phenoxy) is 1. The van der Waals surface area contributed by atoms with Crippen LogP contribution in [0.3, 0.4) is 0 Å². The molecule has 2 N–H and O–H groups in total. The molecule has 0 heterocycles. The van der Waals surface area contributed by atoms with Crippen molar-refractivity contribution in [2.45, 2.75) is 130 Å². The van der Waals surface area contributed by atoms with Crippen molar-refractivity contribution in [1.29, 1.82) is 0 Å². The number of hydrogen-bond donors (Lipinski definition) is 2. The van der Waals surface area contributed by atoms with Gasteiger partial charge in [-0.3, -0.25) is 9.59 Å². The normalized spacial score (nSPS) is 27.2. The van der Waals surface area contributed by atoms with Gasteiger partial charge in [-0.05, 0) is 113 Å². The SMILES string of the molecule is C=C1CCCC/C1=C/C=C1\CCCC2(C)C(CCCCC(=O)NC(C)(C)CO)CCC12.COC(=O)CC(C)C. The molecule has 3 aliphatic carbocycles. The van der Waals surface area contributed by atoms with Gasteiger partial charge in [0.25, 0.3) is 0 Å². The second-order valence-corrected chi connectivity index (χ2v) is 13.4. The fourth-order valence-electron chi connectivity index (χ4n) is 6.79. The lowest BCUT2D eigenvalue weighted by Crippen LogP contribution is -2.46. The van der Waals surface area contributed by atoms with Gasteiger partial charge in [-0.15, -0.1) is 0 Å². The number of aliphatic hydroxyl groups excluding tert-OH is 1. The highest BCUT2D eigenvalue weighted by Gasteiger charge is 2.48. The van der Waals surface area contributed by atoms with Gasteiger partial charge in [0, 0.05) is 12.8 Å². The zero-order valence-corrected chi connectivity index (χ0v) is 25.9. The molecule has 0 aromatic rings. The quantitative estimate of drug-likeness (QED) is 0.217. The van der Waals surface area contributed by atoms with Crippen LogP contribution >= 0.6 is 0 Å². The van der Waals surface area contributed by atoms with E-state index in [1.54, 1.807) is 5.57 Å². The van der Waals surface area contributed by atoms with Crippen molar-refractivity contribution in [2.75, 3.05) is 13.7 Å². The van der Waals surface area contributed by atoms with Gasteiger partial charge in [0.1, 0.15) is 0 Å². The van der Waals surface area contributed by atoms with Crippen molar-refractivity contribution < 1.29 is 19.4 Å². The summed E-state index contributed by atoms with van der Waals surface area (Å²) in [6.45, 7) is 14.5. The first-order valence-electron chi connectivity index (χ1n) is 15.5. The Morgan fingerprint density at radius 1 is 1.13 bits per heavy atom. The Morgan fingerprint density at radius 3 is 2.46 bits per heavy atom. The zero-order valence-electron chi connectivity index (χ0n) is 25.9. The van der Waals surface area contributed by atoms with Gasteiger partial charge in [-0.25, -0.2) is 0 Å². The van der Waals surface area contributed by atoms with Gasteiger partial charge < -0.3 is 15.2 Å². The number of methoxy groups -OCH3 is 1. The summed E-state index contributed by atoms with van der Waals surface area (Å²) in [5, 5.41) is 12.2. The van der Waals surface area contributed by atoms with E-state index in [4.69, 9.17) is 0 Å². The predicted molar refractivity (Wildman–Crippen MR) is 161 cm³/mol. The molecule has 0 bridgehead atoms. The molecule has 5 nitrogen and oxygen atoms in total. The van der Waals surface area contributed by atoms with Gasteiger partial charge in [0.15, 0.2) is 0 Å². The van der Waals surface area contributed by atoms with Crippen molar-refractivity contribution in [3.8, 4) is 0 Å². The van der Waals surface area contributed by atoms with E-state index >= 15 is 0 Å². The maximum Gasteiger partial charge on any atom is 0.305 e. The number of carbonyl (C=O) groups is 2. The molecule has 3 fully saturated rings. The summed E-state index contributed by atoms with van der Waals surface area (Å²) >= 11 is 0. The second-order valence-electron chi connectivity index (χ2n) is 13.4. The molecule has 0 aromatic heterocycles. The standard InChI is InChI=1S/C28H45NO2.C6H12O2/c1-21-10-5-6-11-22(21)15-16-23-12-9-19-28(4)24(17-18-25(23)28)13-7-8-14-26(31)29-27(2,3)20-30;1-5(2)4-6(7)8-3/h15-16,24-25,30H,1,5-14,17-20H2,2-4H3,(H,29,31);5H,4H2,1-3H3/b22-15-,23-16+;. The Bertz CT molecular complexity index is 884. The van der Waals surface area contributed by atoms with Crippen LogP contribution in [-0.4, -0.2) is 36.2 Å². The maximum absolute atomic E-state index is 12.1. The average Bonchev–Trinajstić information content (AvgIpc) is 3.22. The summed E-state index contributed by atoms with van der Waals surface area (Å²) in [6.07, 6.45) is 20.9. The molecular weight excluding hydrogens is 486 g/mol. The molecule has 3 rings (SSSR count). The molecule has 0 spiro atoms. The van der Waals surface area contributed by atoms with Crippen LogP contribution in [0.5, 0.6) is 0 Å². The molecule has 5 heteroatoms. The third-order valence-electron chi connectivity index (χ3n) is 9.17. The van der Waals surface area contributed by atoms with Crippen molar-refractivity contribution in [1.82, 2.24) is 5.32 Å². The molecule has 0 aliphatic heterocycles. The van der Waals surface area contributed by atoms with Gasteiger partial charge in [-0.2, -0.15) is 0 Å². The Hall–Kier alpha value is -1.88. The molecule has 39 heavy (non-hydrogen) atoms. The lowest BCUT2D eigenvalue weighted by atomic mass is 9.62. The van der Waals surface area contributed by atoms with Gasteiger partial charge >= 0.3 is 5.97 Å². The summed E-state index contributed by atoms with van der Waals surface area (Å²) in [5.41, 5.74) is 4.45. The summed E-state index contributed by atoms with van der Waals surface area (Å²) in [4.78, 5) is 22.5. The Kier molecular flexibility index (Phi) is 13.5. The van der Waals surface area contributed by atoms with Crippen LogP contribution in [0.25, 0.3) is 0 Å². The van der Waals surface area contributed by atoms with E-state index in [2.05, 4.69) is 35.7 Å². The number of rotatable bonds is 10. The number of unbranched alkanes of at least 4 members (excludes halogenated alkanes) is 1. The fourth-order valence-corrected chi connectivity index (χ4v) is 6.79. The molecule has 1 amide bonds. The van der Waals surface area contributed by atoms with Crippen LogP contribution < -0.4 is 5.32 Å². The van der Waals surface area contributed by atoms with E-state index in [1.165, 1.54) is 82.5 Å². The summed E-state index contributed by atoms with van der Waals surface area (Å²) < 4.78 is 4.42. The molecule has 0 saturated heterocycles. The number of carbonyl (C=O) groups excluding carboxylic acids is 2. The number of hydrogen-bond acceptors (Lipinski definition) is 4. The van der Waals surface area contributed by atoms with E-state index in [-0.39, 0.29) is 18.5 Å². The highest BCUT2D eigenvalue weighted by molar-refractivity contribution is 5.76. The summed E-state index contributed by atoms with van der Waals surface area (Å²) in [5.74, 6) is 1.88. The molecule has 3 atom stereocenters. The van der Waals surface area contributed by atoms with Crippen molar-refractivity contribution in [3.05, 3.63) is 35.5 Å². The van der Waals surface area contributed by atoms with Crippen LogP contribution in [0, 0.1) is 23.2 Å². The third kappa shape index (κ3) is 10.6. The van der Waals surface area contributed by atoms with E-state index < -0.39 is 5.54 Å². The number of allylic oxidation sites excluding steroid dienone is 5. The summed E-state index contributed by atoms with van der Waals surface area (Å²) in [6, 6.07) is 0. The lowest BCUT2D eigenvalue weighted by Gasteiger charge is -2.42. The number of esters is 1. The third-order valence-corrected chi connectivity index (χ3v) is 9.17. The van der Waals surface area contributed by atoms with Gasteiger partial charge in [0.2, 0.25) is 5.91 Å². The zero-order chi connectivity index (χ0) is 29.1. The number of fused-ring (bicyclic) bond motifs is 1. The first-order chi connectivity index (χ1) is 18.4. The minimum atomic E-state index is -0.520. The van der Waals surface area contributed by atoms with E-state index in [0.717, 1.165) is 24.7 Å². The van der Waals surface area contributed by atoms with Crippen molar-refractivity contribution in [2.24, 2.45) is 23.2 Å². The van der Waals surface area contributed by atoms with Crippen LogP contribution in [0.1, 0.15) is 125 Å². The maximum atomic E-state index is 12.1. The topological polar surface area (TPSA) is 75.6 Å². The van der Waals surface area contributed by atoms with E-state index in [0.29, 0.717) is 24.2 Å². The first-order valence-corrected chi connectivity index (χ1v) is 15.5. The number of nitrogens with one attached hydrogen (secondary N) is 1. The minimum Gasteiger partial charge on any atom is -0.469 e. The molecular formula is C34H57NO4. The van der Waals surface area contributed by atoms with Crippen molar-refractivity contribution in [3.63, 3.8) is 0 Å². The molecule has 3 unspecified atom stereocenters. The van der Waals surface area contributed by atoms with Crippen LogP contribution in [0.2, 0.25) is 0 Å². The minimum absolute atomic E-state index is 0.0266. The van der Waals surface area contributed by atoms with Crippen molar-refractivity contribution >= 4 is 11.9 Å². The Labute approximate surface area is 238 Å². The summed E-state index contributed by atoms with van der Waals surface area (Å²) in [7, 11) is 1.41.